The number of ketones is 1. The molecule has 94 valence electrons. The molecule has 1 saturated heterocycles. The number of rotatable bonds is 4. The monoisotopic (exact) mass is 239 g/mol. The smallest absolute Gasteiger partial charge is 0.396 e. The molecule has 1 amide bonds. The number of methoxy groups -OCH3 is 1. The van der Waals surface area contributed by atoms with Crippen LogP contribution >= 0.6 is 0 Å². The summed E-state index contributed by atoms with van der Waals surface area (Å²) in [4.78, 5) is 35.9. The Labute approximate surface area is 100 Å². The number of allylic oxidation sites excluding steroid dienone is 1. The summed E-state index contributed by atoms with van der Waals surface area (Å²) in [6.45, 7) is 3.99. The van der Waals surface area contributed by atoms with E-state index in [0.717, 1.165) is 13.5 Å². The van der Waals surface area contributed by atoms with Gasteiger partial charge in [-0.25, -0.2) is 4.79 Å². The predicted molar refractivity (Wildman–Crippen MR) is 61.2 cm³/mol. The number of amides is 1. The minimum atomic E-state index is -0.909. The molecule has 0 aromatic carbocycles. The van der Waals surface area contributed by atoms with E-state index in [9.17, 15) is 14.4 Å². The first-order chi connectivity index (χ1) is 8.11. The molecule has 0 saturated carbocycles. The van der Waals surface area contributed by atoms with E-state index in [4.69, 9.17) is 0 Å². The van der Waals surface area contributed by atoms with Crippen molar-refractivity contribution in [3.8, 4) is 0 Å². The third kappa shape index (κ3) is 3.15. The second-order valence-electron chi connectivity index (χ2n) is 3.94. The Kier molecular flexibility index (Phi) is 4.87. The molecule has 1 atom stereocenters. The normalized spacial score (nSPS) is 18.9. The Hall–Kier alpha value is -1.65. The van der Waals surface area contributed by atoms with Crippen LogP contribution in [0.5, 0.6) is 0 Å². The Morgan fingerprint density at radius 1 is 1.47 bits per heavy atom. The summed E-state index contributed by atoms with van der Waals surface area (Å²) in [7, 11) is 1.16. The fourth-order valence-corrected chi connectivity index (χ4v) is 1.96. The molecule has 0 unspecified atom stereocenters. The van der Waals surface area contributed by atoms with Gasteiger partial charge >= 0.3 is 11.9 Å². The van der Waals surface area contributed by atoms with Crippen molar-refractivity contribution >= 4 is 17.7 Å². The standard InChI is InChI=1S/C12H17NO4/c1-3-4-7-10(14)9-6-5-8-13(9)11(15)12(16)17-2/h3,9H,1,4-8H2,2H3/t9-/m0/s1. The molecule has 5 heteroatoms. The fraction of sp³-hybridized carbons (Fsp3) is 0.583. The molecule has 0 N–H and O–H groups in total. The summed E-state index contributed by atoms with van der Waals surface area (Å²) < 4.78 is 4.38. The van der Waals surface area contributed by atoms with Crippen molar-refractivity contribution in [1.82, 2.24) is 4.90 Å². The number of ether oxygens (including phenoxy) is 1. The number of esters is 1. The van der Waals surface area contributed by atoms with Crippen LogP contribution in [0, 0.1) is 0 Å². The van der Waals surface area contributed by atoms with Crippen LogP contribution in [-0.4, -0.2) is 42.3 Å². The minimum Gasteiger partial charge on any atom is -0.462 e. The van der Waals surface area contributed by atoms with Crippen molar-refractivity contribution in [3.63, 3.8) is 0 Å². The number of hydrogen-bond donors (Lipinski definition) is 0. The number of carbonyl (C=O) groups is 3. The Bertz CT molecular complexity index is 337. The van der Waals surface area contributed by atoms with Gasteiger partial charge in [0.2, 0.25) is 0 Å². The quantitative estimate of drug-likeness (QED) is 0.411. The van der Waals surface area contributed by atoms with Gasteiger partial charge in [-0.15, -0.1) is 6.58 Å². The van der Waals surface area contributed by atoms with Gasteiger partial charge in [0.05, 0.1) is 13.2 Å². The molecule has 1 aliphatic rings. The second-order valence-corrected chi connectivity index (χ2v) is 3.94. The molecule has 1 aliphatic heterocycles. The maximum atomic E-state index is 11.8. The molecule has 1 fully saturated rings. The highest BCUT2D eigenvalue weighted by Crippen LogP contribution is 2.20. The predicted octanol–water partition coefficient (Wildman–Crippen LogP) is 0.686. The molecule has 0 spiro atoms. The lowest BCUT2D eigenvalue weighted by Gasteiger charge is -2.22. The first-order valence-corrected chi connectivity index (χ1v) is 5.64. The van der Waals surface area contributed by atoms with Crippen LogP contribution < -0.4 is 0 Å². The lowest BCUT2D eigenvalue weighted by Crippen LogP contribution is -2.44. The van der Waals surface area contributed by atoms with E-state index < -0.39 is 17.9 Å². The Morgan fingerprint density at radius 2 is 2.18 bits per heavy atom. The fourth-order valence-electron chi connectivity index (χ4n) is 1.96. The van der Waals surface area contributed by atoms with Crippen LogP contribution in [-0.2, 0) is 19.1 Å². The van der Waals surface area contributed by atoms with Gasteiger partial charge in [0.25, 0.3) is 0 Å². The molecule has 0 aromatic heterocycles. The number of Topliss-reactive ketones (excluding diaryl/α,β-unsaturated/α-hetero) is 1. The zero-order valence-corrected chi connectivity index (χ0v) is 9.98. The molecule has 1 rings (SSSR count). The summed E-state index contributed by atoms with van der Waals surface area (Å²) in [5, 5.41) is 0. The van der Waals surface area contributed by atoms with Crippen molar-refractivity contribution in [1.29, 1.82) is 0 Å². The van der Waals surface area contributed by atoms with Crippen LogP contribution in [0.25, 0.3) is 0 Å². The van der Waals surface area contributed by atoms with Gasteiger partial charge in [-0.05, 0) is 19.3 Å². The SMILES string of the molecule is C=CCCC(=O)[C@@H]1CCCN1C(=O)C(=O)OC. The van der Waals surface area contributed by atoms with Gasteiger partial charge < -0.3 is 9.64 Å². The Morgan fingerprint density at radius 3 is 2.76 bits per heavy atom. The second kappa shape index (κ2) is 6.18. The summed E-state index contributed by atoms with van der Waals surface area (Å²) >= 11 is 0. The molecular weight excluding hydrogens is 222 g/mol. The lowest BCUT2D eigenvalue weighted by atomic mass is 10.1. The van der Waals surface area contributed by atoms with Gasteiger partial charge in [-0.3, -0.25) is 9.59 Å². The Balaban J connectivity index is 2.66. The third-order valence-corrected chi connectivity index (χ3v) is 2.84. The molecule has 0 radical (unpaired) electrons. The lowest BCUT2D eigenvalue weighted by molar-refractivity contribution is -0.159. The maximum absolute atomic E-state index is 11.8. The average Bonchev–Trinajstić information content (AvgIpc) is 2.83. The number of hydrogen-bond acceptors (Lipinski definition) is 4. The van der Waals surface area contributed by atoms with E-state index in [0.29, 0.717) is 25.8 Å². The topological polar surface area (TPSA) is 63.7 Å². The van der Waals surface area contributed by atoms with Gasteiger partial charge in [0.15, 0.2) is 5.78 Å². The van der Waals surface area contributed by atoms with Gasteiger partial charge in [0.1, 0.15) is 0 Å². The van der Waals surface area contributed by atoms with Crippen LogP contribution in [0.1, 0.15) is 25.7 Å². The van der Waals surface area contributed by atoms with Crippen LogP contribution in [0.3, 0.4) is 0 Å². The summed E-state index contributed by atoms with van der Waals surface area (Å²) in [6.07, 6.45) is 3.99. The molecule has 5 nitrogen and oxygen atoms in total. The van der Waals surface area contributed by atoms with E-state index in [-0.39, 0.29) is 5.78 Å². The maximum Gasteiger partial charge on any atom is 0.396 e. The van der Waals surface area contributed by atoms with Crippen molar-refractivity contribution < 1.29 is 19.1 Å². The largest absolute Gasteiger partial charge is 0.462 e. The first kappa shape index (κ1) is 13.4. The van der Waals surface area contributed by atoms with Crippen molar-refractivity contribution in [3.05, 3.63) is 12.7 Å². The molecule has 1 heterocycles. The zero-order valence-electron chi connectivity index (χ0n) is 9.98. The van der Waals surface area contributed by atoms with E-state index in [1.807, 2.05) is 0 Å². The average molecular weight is 239 g/mol. The number of carbonyl (C=O) groups excluding carboxylic acids is 3. The van der Waals surface area contributed by atoms with Gasteiger partial charge in [0, 0.05) is 13.0 Å². The summed E-state index contributed by atoms with van der Waals surface area (Å²) in [6, 6.07) is -0.471. The highest BCUT2D eigenvalue weighted by molar-refractivity contribution is 6.32. The highest BCUT2D eigenvalue weighted by Gasteiger charge is 2.36. The molecule has 17 heavy (non-hydrogen) atoms. The zero-order chi connectivity index (χ0) is 12.8. The third-order valence-electron chi connectivity index (χ3n) is 2.84. The van der Waals surface area contributed by atoms with Gasteiger partial charge in [-0.2, -0.15) is 0 Å². The molecule has 0 bridgehead atoms. The molecule has 0 aromatic rings. The number of nitrogens with zero attached hydrogens (tertiary/aromatic N) is 1. The minimum absolute atomic E-state index is 0.0142. The highest BCUT2D eigenvalue weighted by atomic mass is 16.5. The summed E-state index contributed by atoms with van der Waals surface area (Å²) in [5.41, 5.74) is 0. The van der Waals surface area contributed by atoms with Gasteiger partial charge in [-0.1, -0.05) is 6.08 Å². The first-order valence-electron chi connectivity index (χ1n) is 5.64. The van der Waals surface area contributed by atoms with Crippen LogP contribution in [0.4, 0.5) is 0 Å². The van der Waals surface area contributed by atoms with E-state index in [1.54, 1.807) is 6.08 Å². The van der Waals surface area contributed by atoms with Crippen molar-refractivity contribution in [2.24, 2.45) is 0 Å². The van der Waals surface area contributed by atoms with E-state index >= 15 is 0 Å². The van der Waals surface area contributed by atoms with E-state index in [1.165, 1.54) is 4.90 Å². The van der Waals surface area contributed by atoms with E-state index in [2.05, 4.69) is 11.3 Å². The number of likely N-dealkylation sites (tertiary alicyclic amines) is 1. The van der Waals surface area contributed by atoms with Crippen LogP contribution in [0.2, 0.25) is 0 Å². The van der Waals surface area contributed by atoms with Crippen molar-refractivity contribution in [2.75, 3.05) is 13.7 Å². The van der Waals surface area contributed by atoms with Crippen LogP contribution in [0.15, 0.2) is 12.7 Å². The molecular formula is C12H17NO4. The molecule has 0 aliphatic carbocycles. The summed E-state index contributed by atoms with van der Waals surface area (Å²) in [5.74, 6) is -1.64. The van der Waals surface area contributed by atoms with Crippen molar-refractivity contribution in [2.45, 2.75) is 31.7 Å².